The van der Waals surface area contributed by atoms with Gasteiger partial charge in [-0.05, 0) is 6.92 Å². The number of oxime groups is 1. The second kappa shape index (κ2) is 5.50. The number of aromatic nitrogens is 2. The molecular weight excluding hydrogens is 206 g/mol. The number of aryl methyl sites for hydroxylation is 1. The minimum absolute atomic E-state index is 0.0157. The van der Waals surface area contributed by atoms with Gasteiger partial charge in [0.05, 0.1) is 6.20 Å². The van der Waals surface area contributed by atoms with Crippen molar-refractivity contribution < 1.29 is 5.21 Å². The molecule has 1 unspecified atom stereocenters. The van der Waals surface area contributed by atoms with Crippen molar-refractivity contribution in [3.8, 4) is 0 Å². The molecule has 0 radical (unpaired) electrons. The van der Waals surface area contributed by atoms with Crippen LogP contribution in [0.2, 0.25) is 0 Å². The standard InChI is InChI=1S/C10H19N5O/c1-7(10(11)14-16)4-12-5-9-6-13-15(3)8(9)2/h6-7,12,16H,4-5H2,1-3H3,(H2,11,14). The summed E-state index contributed by atoms with van der Waals surface area (Å²) >= 11 is 0. The molecule has 0 amide bonds. The van der Waals surface area contributed by atoms with Crippen LogP contribution in [0.4, 0.5) is 0 Å². The van der Waals surface area contributed by atoms with Gasteiger partial charge in [-0.2, -0.15) is 5.10 Å². The fourth-order valence-electron chi connectivity index (χ4n) is 1.34. The molecule has 6 nitrogen and oxygen atoms in total. The molecule has 0 saturated carbocycles. The van der Waals surface area contributed by atoms with Crippen molar-refractivity contribution in [2.75, 3.05) is 6.54 Å². The van der Waals surface area contributed by atoms with E-state index in [-0.39, 0.29) is 11.8 Å². The molecule has 0 aliphatic carbocycles. The number of nitrogens with zero attached hydrogens (tertiary/aromatic N) is 3. The molecule has 1 rings (SSSR count). The van der Waals surface area contributed by atoms with Gasteiger partial charge >= 0.3 is 0 Å². The highest BCUT2D eigenvalue weighted by molar-refractivity contribution is 5.82. The average molecular weight is 225 g/mol. The van der Waals surface area contributed by atoms with E-state index in [9.17, 15) is 0 Å². The molecule has 0 aromatic carbocycles. The molecule has 0 saturated heterocycles. The second-order valence-corrected chi connectivity index (χ2v) is 3.94. The molecule has 1 aromatic heterocycles. The molecule has 90 valence electrons. The van der Waals surface area contributed by atoms with E-state index in [0.29, 0.717) is 6.54 Å². The van der Waals surface area contributed by atoms with Gasteiger partial charge in [-0.3, -0.25) is 4.68 Å². The van der Waals surface area contributed by atoms with Gasteiger partial charge in [-0.25, -0.2) is 0 Å². The summed E-state index contributed by atoms with van der Waals surface area (Å²) in [4.78, 5) is 0. The molecule has 0 aliphatic heterocycles. The Hall–Kier alpha value is -1.56. The van der Waals surface area contributed by atoms with Crippen LogP contribution in [0.3, 0.4) is 0 Å². The fraction of sp³-hybridized carbons (Fsp3) is 0.600. The van der Waals surface area contributed by atoms with Crippen LogP contribution in [0.5, 0.6) is 0 Å². The maximum absolute atomic E-state index is 8.49. The molecule has 1 heterocycles. The topological polar surface area (TPSA) is 88.5 Å². The van der Waals surface area contributed by atoms with Crippen molar-refractivity contribution in [3.05, 3.63) is 17.5 Å². The first-order valence-corrected chi connectivity index (χ1v) is 5.21. The van der Waals surface area contributed by atoms with Gasteiger partial charge in [-0.15, -0.1) is 0 Å². The predicted molar refractivity (Wildman–Crippen MR) is 62.2 cm³/mol. The Morgan fingerprint density at radius 2 is 2.44 bits per heavy atom. The first kappa shape index (κ1) is 12.5. The molecule has 4 N–H and O–H groups in total. The van der Waals surface area contributed by atoms with Crippen LogP contribution >= 0.6 is 0 Å². The summed E-state index contributed by atoms with van der Waals surface area (Å²) in [5, 5.41) is 18.9. The molecular formula is C10H19N5O. The first-order chi connectivity index (χ1) is 7.56. The largest absolute Gasteiger partial charge is 0.409 e. The van der Waals surface area contributed by atoms with Gasteiger partial charge in [0, 0.05) is 37.3 Å². The molecule has 1 aromatic rings. The highest BCUT2D eigenvalue weighted by Crippen LogP contribution is 2.04. The Balaban J connectivity index is 2.39. The Morgan fingerprint density at radius 1 is 1.75 bits per heavy atom. The van der Waals surface area contributed by atoms with Gasteiger partial charge in [0.2, 0.25) is 0 Å². The minimum atomic E-state index is 0.0157. The van der Waals surface area contributed by atoms with E-state index in [0.717, 1.165) is 17.8 Å². The van der Waals surface area contributed by atoms with Crippen LogP contribution < -0.4 is 11.1 Å². The van der Waals surface area contributed by atoms with Gasteiger partial charge in [0.1, 0.15) is 5.84 Å². The molecule has 16 heavy (non-hydrogen) atoms. The Morgan fingerprint density at radius 3 is 2.94 bits per heavy atom. The maximum atomic E-state index is 8.49. The molecule has 1 atom stereocenters. The molecule has 0 spiro atoms. The summed E-state index contributed by atoms with van der Waals surface area (Å²) in [6.07, 6.45) is 1.84. The highest BCUT2D eigenvalue weighted by atomic mass is 16.4. The van der Waals surface area contributed by atoms with Crippen LogP contribution in [0, 0.1) is 12.8 Å². The second-order valence-electron chi connectivity index (χ2n) is 3.94. The van der Waals surface area contributed by atoms with Crippen LogP contribution in [0.25, 0.3) is 0 Å². The van der Waals surface area contributed by atoms with Gasteiger partial charge in [-0.1, -0.05) is 12.1 Å². The van der Waals surface area contributed by atoms with E-state index in [1.807, 2.05) is 31.8 Å². The van der Waals surface area contributed by atoms with E-state index in [1.165, 1.54) is 0 Å². The summed E-state index contributed by atoms with van der Waals surface area (Å²) in [5.74, 6) is 0.261. The number of amidine groups is 1. The third kappa shape index (κ3) is 2.96. The average Bonchev–Trinajstić information content (AvgIpc) is 2.59. The quantitative estimate of drug-likeness (QED) is 0.289. The molecule has 0 aliphatic rings. The normalized spacial score (nSPS) is 14.1. The van der Waals surface area contributed by atoms with Crippen molar-refractivity contribution in [1.82, 2.24) is 15.1 Å². The predicted octanol–water partition coefficient (Wildman–Crippen LogP) is 0.201. The molecule has 0 bridgehead atoms. The number of nitrogens with one attached hydrogen (secondary N) is 1. The number of nitrogens with two attached hydrogens (primary N) is 1. The Labute approximate surface area is 95.1 Å². The zero-order valence-electron chi connectivity index (χ0n) is 9.94. The summed E-state index contributed by atoms with van der Waals surface area (Å²) in [7, 11) is 1.91. The summed E-state index contributed by atoms with van der Waals surface area (Å²) in [5.41, 5.74) is 7.78. The van der Waals surface area contributed by atoms with Crippen molar-refractivity contribution in [2.24, 2.45) is 23.9 Å². The highest BCUT2D eigenvalue weighted by Gasteiger charge is 2.08. The monoisotopic (exact) mass is 225 g/mol. The lowest BCUT2D eigenvalue weighted by Gasteiger charge is -2.10. The fourth-order valence-corrected chi connectivity index (χ4v) is 1.34. The van der Waals surface area contributed by atoms with Crippen molar-refractivity contribution in [2.45, 2.75) is 20.4 Å². The van der Waals surface area contributed by atoms with Gasteiger partial charge in [0.25, 0.3) is 0 Å². The van der Waals surface area contributed by atoms with Crippen LogP contribution in [-0.4, -0.2) is 27.4 Å². The summed E-state index contributed by atoms with van der Waals surface area (Å²) < 4.78 is 1.84. The Kier molecular flexibility index (Phi) is 4.30. The van der Waals surface area contributed by atoms with E-state index >= 15 is 0 Å². The maximum Gasteiger partial charge on any atom is 0.143 e. The lowest BCUT2D eigenvalue weighted by molar-refractivity contribution is 0.314. The van der Waals surface area contributed by atoms with Crippen LogP contribution in [0.15, 0.2) is 11.4 Å². The lowest BCUT2D eigenvalue weighted by Crippen LogP contribution is -2.31. The minimum Gasteiger partial charge on any atom is -0.409 e. The van der Waals surface area contributed by atoms with E-state index < -0.39 is 0 Å². The number of rotatable bonds is 5. The number of hydrogen-bond donors (Lipinski definition) is 3. The third-order valence-electron chi connectivity index (χ3n) is 2.72. The van der Waals surface area contributed by atoms with E-state index in [1.54, 1.807) is 0 Å². The molecule has 0 fully saturated rings. The summed E-state index contributed by atoms with van der Waals surface area (Å²) in [6, 6.07) is 0. The SMILES string of the molecule is Cc1c(CNCC(C)C(N)=NO)cnn1C. The van der Waals surface area contributed by atoms with Crippen molar-refractivity contribution in [1.29, 1.82) is 0 Å². The molecule has 6 heteroatoms. The summed E-state index contributed by atoms with van der Waals surface area (Å²) in [6.45, 7) is 5.34. The van der Waals surface area contributed by atoms with E-state index in [4.69, 9.17) is 10.9 Å². The lowest BCUT2D eigenvalue weighted by atomic mass is 10.1. The zero-order chi connectivity index (χ0) is 12.1. The van der Waals surface area contributed by atoms with E-state index in [2.05, 4.69) is 15.6 Å². The van der Waals surface area contributed by atoms with Crippen LogP contribution in [0.1, 0.15) is 18.2 Å². The third-order valence-corrected chi connectivity index (χ3v) is 2.72. The van der Waals surface area contributed by atoms with Crippen LogP contribution in [-0.2, 0) is 13.6 Å². The van der Waals surface area contributed by atoms with Gasteiger partial charge < -0.3 is 16.3 Å². The smallest absolute Gasteiger partial charge is 0.143 e. The Bertz CT molecular complexity index is 371. The number of hydrogen-bond acceptors (Lipinski definition) is 4. The van der Waals surface area contributed by atoms with Crippen molar-refractivity contribution in [3.63, 3.8) is 0 Å². The van der Waals surface area contributed by atoms with Crippen molar-refractivity contribution >= 4 is 5.84 Å². The van der Waals surface area contributed by atoms with Gasteiger partial charge in [0.15, 0.2) is 0 Å². The zero-order valence-corrected chi connectivity index (χ0v) is 9.94. The first-order valence-electron chi connectivity index (χ1n) is 5.21.